The van der Waals surface area contributed by atoms with Gasteiger partial charge < -0.3 is 10.6 Å². The van der Waals surface area contributed by atoms with E-state index in [2.05, 4.69) is 20.6 Å². The average Bonchev–Trinajstić information content (AvgIpc) is 3.36. The Morgan fingerprint density at radius 2 is 1.67 bits per heavy atom. The van der Waals surface area contributed by atoms with Crippen LogP contribution in [0.25, 0.3) is 22.4 Å². The lowest BCUT2D eigenvalue weighted by Crippen LogP contribution is -2.33. The predicted octanol–water partition coefficient (Wildman–Crippen LogP) is 3.49. The molecule has 4 aromatic rings. The zero-order chi connectivity index (χ0) is 25.7. The number of sulfonamides is 1. The molecule has 9 nitrogen and oxygen atoms in total. The summed E-state index contributed by atoms with van der Waals surface area (Å²) in [7, 11) is -0.858. The van der Waals surface area contributed by atoms with Gasteiger partial charge >= 0.3 is 0 Å². The van der Waals surface area contributed by atoms with Crippen LogP contribution in [0.2, 0.25) is 0 Å². The van der Waals surface area contributed by atoms with Crippen LogP contribution in [0.4, 0.5) is 5.13 Å². The molecule has 0 fully saturated rings. The second-order valence-corrected chi connectivity index (χ2v) is 10.9. The zero-order valence-electron chi connectivity index (χ0n) is 19.5. The van der Waals surface area contributed by atoms with Crippen LogP contribution in [0.5, 0.6) is 0 Å². The van der Waals surface area contributed by atoms with Gasteiger partial charge in [-0.05, 0) is 47.5 Å². The number of nitrogens with one attached hydrogen (secondary N) is 2. The Morgan fingerprint density at radius 1 is 0.944 bits per heavy atom. The summed E-state index contributed by atoms with van der Waals surface area (Å²) in [4.78, 5) is 33.4. The number of pyridine rings is 1. The standard InChI is InChI=1S/C25H23N5O4S2/c1-30(2)36(33,34)21-8-4-7-20(14-21)24(32)27-15-23(31)29-25-28-22(16-35-25)19-6-3-5-18(13-19)17-9-11-26-12-10-17/h3-14,16H,15H2,1-2H3,(H,27,32)(H,28,29,31). The highest BCUT2D eigenvalue weighted by molar-refractivity contribution is 7.89. The first kappa shape index (κ1) is 25.2. The highest BCUT2D eigenvalue weighted by Gasteiger charge is 2.19. The molecule has 0 spiro atoms. The molecule has 2 N–H and O–H groups in total. The molecule has 0 aliphatic carbocycles. The highest BCUT2D eigenvalue weighted by Crippen LogP contribution is 2.28. The van der Waals surface area contributed by atoms with Gasteiger partial charge in [0.15, 0.2) is 5.13 Å². The maximum atomic E-state index is 12.5. The number of benzene rings is 2. The monoisotopic (exact) mass is 521 g/mol. The molecule has 2 heterocycles. The van der Waals surface area contributed by atoms with Gasteiger partial charge in [-0.3, -0.25) is 14.6 Å². The van der Waals surface area contributed by atoms with E-state index in [4.69, 9.17) is 0 Å². The normalized spacial score (nSPS) is 11.3. The fraction of sp³-hybridized carbons (Fsp3) is 0.120. The molecule has 0 radical (unpaired) electrons. The van der Waals surface area contributed by atoms with Crippen molar-refractivity contribution in [2.75, 3.05) is 26.0 Å². The molecular weight excluding hydrogens is 498 g/mol. The Balaban J connectivity index is 1.37. The van der Waals surface area contributed by atoms with E-state index < -0.39 is 21.8 Å². The summed E-state index contributed by atoms with van der Waals surface area (Å²) in [6, 6.07) is 17.4. The van der Waals surface area contributed by atoms with Crippen LogP contribution in [-0.2, 0) is 14.8 Å². The number of thiazole rings is 1. The third-order valence-corrected chi connectivity index (χ3v) is 7.78. The molecule has 2 aromatic heterocycles. The molecule has 0 bridgehead atoms. The Bertz CT molecular complexity index is 1500. The third kappa shape index (κ3) is 5.82. The first-order chi connectivity index (χ1) is 17.2. The Morgan fingerprint density at radius 3 is 2.42 bits per heavy atom. The van der Waals surface area contributed by atoms with Crippen molar-refractivity contribution in [3.05, 3.63) is 84.0 Å². The van der Waals surface area contributed by atoms with Gasteiger partial charge in [0.05, 0.1) is 17.1 Å². The molecule has 0 saturated heterocycles. The van der Waals surface area contributed by atoms with E-state index in [-0.39, 0.29) is 17.0 Å². The van der Waals surface area contributed by atoms with Crippen molar-refractivity contribution >= 4 is 38.3 Å². The van der Waals surface area contributed by atoms with Gasteiger partial charge in [0.2, 0.25) is 15.9 Å². The van der Waals surface area contributed by atoms with E-state index in [0.29, 0.717) is 10.8 Å². The minimum atomic E-state index is -3.68. The molecule has 0 saturated carbocycles. The number of hydrogen-bond acceptors (Lipinski definition) is 7. The number of amides is 2. The average molecular weight is 522 g/mol. The molecular formula is C25H23N5O4S2. The minimum Gasteiger partial charge on any atom is -0.343 e. The van der Waals surface area contributed by atoms with Crippen molar-refractivity contribution in [1.29, 1.82) is 0 Å². The maximum Gasteiger partial charge on any atom is 0.251 e. The maximum absolute atomic E-state index is 12.5. The number of hydrogen-bond donors (Lipinski definition) is 2. The van der Waals surface area contributed by atoms with Crippen molar-refractivity contribution < 1.29 is 18.0 Å². The van der Waals surface area contributed by atoms with Gasteiger partial charge in [-0.2, -0.15) is 0 Å². The van der Waals surface area contributed by atoms with Gasteiger partial charge in [-0.25, -0.2) is 17.7 Å². The summed E-state index contributed by atoms with van der Waals surface area (Å²) >= 11 is 1.28. The fourth-order valence-electron chi connectivity index (χ4n) is 3.30. The molecule has 2 amide bonds. The molecule has 2 aromatic carbocycles. The van der Waals surface area contributed by atoms with Crippen molar-refractivity contribution in [2.24, 2.45) is 0 Å². The predicted molar refractivity (Wildman–Crippen MR) is 139 cm³/mol. The minimum absolute atomic E-state index is 0.00656. The van der Waals surface area contributed by atoms with Crippen molar-refractivity contribution in [1.82, 2.24) is 19.6 Å². The van der Waals surface area contributed by atoms with E-state index in [1.165, 1.54) is 49.7 Å². The molecule has 0 aliphatic rings. The Kier molecular flexibility index (Phi) is 7.53. The molecule has 184 valence electrons. The van der Waals surface area contributed by atoms with Crippen LogP contribution >= 0.6 is 11.3 Å². The largest absolute Gasteiger partial charge is 0.343 e. The van der Waals surface area contributed by atoms with Gasteiger partial charge in [-0.15, -0.1) is 11.3 Å². The molecule has 11 heteroatoms. The van der Waals surface area contributed by atoms with E-state index >= 15 is 0 Å². The highest BCUT2D eigenvalue weighted by atomic mass is 32.2. The SMILES string of the molecule is CN(C)S(=O)(=O)c1cccc(C(=O)NCC(=O)Nc2nc(-c3cccc(-c4ccncc4)c3)cs2)c1. The number of carbonyl (C=O) groups is 2. The van der Waals surface area contributed by atoms with Crippen LogP contribution in [-0.4, -0.2) is 55.1 Å². The lowest BCUT2D eigenvalue weighted by Gasteiger charge is -2.12. The van der Waals surface area contributed by atoms with Crippen LogP contribution in [0, 0.1) is 0 Å². The molecule has 36 heavy (non-hydrogen) atoms. The Labute approximate surface area is 212 Å². The first-order valence-corrected chi connectivity index (χ1v) is 13.1. The number of anilines is 1. The van der Waals surface area contributed by atoms with E-state index in [1.807, 2.05) is 41.8 Å². The van der Waals surface area contributed by atoms with Crippen molar-refractivity contribution in [2.45, 2.75) is 4.90 Å². The first-order valence-electron chi connectivity index (χ1n) is 10.8. The summed E-state index contributed by atoms with van der Waals surface area (Å²) < 4.78 is 25.7. The topological polar surface area (TPSA) is 121 Å². The quantitative estimate of drug-likeness (QED) is 0.366. The van der Waals surface area contributed by atoms with Gasteiger partial charge in [0.1, 0.15) is 0 Å². The summed E-state index contributed by atoms with van der Waals surface area (Å²) in [5, 5.41) is 7.43. The van der Waals surface area contributed by atoms with E-state index in [1.54, 1.807) is 12.4 Å². The van der Waals surface area contributed by atoms with Crippen LogP contribution in [0.15, 0.2) is 83.3 Å². The number of aromatic nitrogens is 2. The van der Waals surface area contributed by atoms with Crippen LogP contribution in [0.3, 0.4) is 0 Å². The molecule has 0 aliphatic heterocycles. The van der Waals surface area contributed by atoms with Crippen molar-refractivity contribution in [3.63, 3.8) is 0 Å². The summed E-state index contributed by atoms with van der Waals surface area (Å²) in [5.41, 5.74) is 3.82. The molecule has 0 unspecified atom stereocenters. The van der Waals surface area contributed by atoms with Gasteiger partial charge in [-0.1, -0.05) is 24.3 Å². The van der Waals surface area contributed by atoms with E-state index in [0.717, 1.165) is 21.0 Å². The van der Waals surface area contributed by atoms with Gasteiger partial charge in [0, 0.05) is 43.0 Å². The summed E-state index contributed by atoms with van der Waals surface area (Å²) in [6.45, 7) is -0.296. The van der Waals surface area contributed by atoms with Gasteiger partial charge in [0.25, 0.3) is 5.91 Å². The smallest absolute Gasteiger partial charge is 0.251 e. The number of nitrogens with zero attached hydrogens (tertiary/aromatic N) is 3. The summed E-state index contributed by atoms with van der Waals surface area (Å²) in [6.07, 6.45) is 3.47. The van der Waals surface area contributed by atoms with Crippen LogP contribution < -0.4 is 10.6 Å². The number of carbonyl (C=O) groups excluding carboxylic acids is 2. The lowest BCUT2D eigenvalue weighted by molar-refractivity contribution is -0.115. The number of rotatable bonds is 8. The summed E-state index contributed by atoms with van der Waals surface area (Å²) in [5.74, 6) is -1.01. The lowest BCUT2D eigenvalue weighted by atomic mass is 10.0. The third-order valence-electron chi connectivity index (χ3n) is 5.21. The second kappa shape index (κ2) is 10.8. The Hall–Kier alpha value is -3.93. The zero-order valence-corrected chi connectivity index (χ0v) is 21.1. The molecule has 4 rings (SSSR count). The van der Waals surface area contributed by atoms with Crippen molar-refractivity contribution in [3.8, 4) is 22.4 Å². The van der Waals surface area contributed by atoms with E-state index in [9.17, 15) is 18.0 Å². The second-order valence-electron chi connectivity index (χ2n) is 7.90. The molecule has 0 atom stereocenters. The van der Waals surface area contributed by atoms with Crippen LogP contribution in [0.1, 0.15) is 10.4 Å². The fourth-order valence-corrected chi connectivity index (χ4v) is 4.98.